The second-order valence-corrected chi connectivity index (χ2v) is 23.6. The van der Waals surface area contributed by atoms with Crippen LogP contribution < -0.4 is 28.7 Å². The number of nitrogens with zero attached hydrogens (tertiary/aromatic N) is 2. The highest BCUT2D eigenvalue weighted by atomic mass is 16.5. The van der Waals surface area contributed by atoms with Gasteiger partial charge in [0.05, 0.1) is 22.5 Å². The van der Waals surface area contributed by atoms with Gasteiger partial charge < -0.3 is 18.9 Å². The third-order valence-electron chi connectivity index (χ3n) is 17.7. The van der Waals surface area contributed by atoms with Gasteiger partial charge in [-0.2, -0.15) is 0 Å². The molecule has 0 bridgehead atoms. The first-order valence-electron chi connectivity index (χ1n) is 30.2. The van der Waals surface area contributed by atoms with Gasteiger partial charge in [0.2, 0.25) is 0 Å². The van der Waals surface area contributed by atoms with E-state index in [1.807, 2.05) is 84.9 Å². The third kappa shape index (κ3) is 8.89. The van der Waals surface area contributed by atoms with Crippen molar-refractivity contribution < 1.29 is 47.7 Å². The fraction of sp³-hybridized carbons (Fsp3) is 0.0750. The van der Waals surface area contributed by atoms with Crippen LogP contribution in [-0.4, -0.2) is 35.6 Å². The van der Waals surface area contributed by atoms with Crippen molar-refractivity contribution in [2.75, 3.05) is 9.80 Å². The van der Waals surface area contributed by atoms with Crippen LogP contribution in [0, 0.1) is 0 Å². The molecule has 12 heteroatoms. The molecule has 0 aliphatic carbocycles. The smallest absolute Gasteiger partial charge is 0.344 e. The summed E-state index contributed by atoms with van der Waals surface area (Å²) in [4.78, 5) is 88.3. The molecule has 2 aliphatic rings. The average Bonchev–Trinajstić information content (AvgIpc) is 0.732. The quantitative estimate of drug-likeness (QED) is 0.0339. The molecule has 4 amide bonds. The van der Waals surface area contributed by atoms with Crippen LogP contribution in [0.1, 0.15) is 124 Å². The van der Waals surface area contributed by atoms with Crippen molar-refractivity contribution >= 4 is 124 Å². The summed E-state index contributed by atoms with van der Waals surface area (Å²) in [6, 6.07) is 61.2. The number of hydrogen-bond donors (Lipinski definition) is 0. The number of fused-ring (bicyclic) bond motifs is 2. The summed E-state index contributed by atoms with van der Waals surface area (Å²) in [5.41, 5.74) is 6.41. The van der Waals surface area contributed by atoms with Crippen molar-refractivity contribution in [1.82, 2.24) is 0 Å². The molecular weight excluding hydrogens is 1150 g/mol. The predicted molar refractivity (Wildman–Crippen MR) is 362 cm³/mol. The molecular formula is C80H54N2O10. The Morgan fingerprint density at radius 2 is 0.685 bits per heavy atom. The lowest BCUT2D eigenvalue weighted by Gasteiger charge is -2.32. The molecule has 0 radical (unpaired) electrons. The summed E-state index contributed by atoms with van der Waals surface area (Å²) in [6.45, 7) is 16.1. The number of carbonyl (C=O) groups excluding carboxylic acids is 6. The fourth-order valence-corrected chi connectivity index (χ4v) is 13.5. The highest BCUT2D eigenvalue weighted by Gasteiger charge is 2.39. The summed E-state index contributed by atoms with van der Waals surface area (Å²) in [7, 11) is 0. The second-order valence-electron chi connectivity index (χ2n) is 23.6. The van der Waals surface area contributed by atoms with E-state index in [1.165, 1.54) is 9.80 Å². The van der Waals surface area contributed by atoms with Crippen molar-refractivity contribution in [3.8, 4) is 34.5 Å². The number of amides is 4. The van der Waals surface area contributed by atoms with Crippen LogP contribution in [0.4, 0.5) is 11.4 Å². The summed E-state index contributed by atoms with van der Waals surface area (Å²) in [5, 5.41) is 8.91. The maximum atomic E-state index is 14.5. The van der Waals surface area contributed by atoms with E-state index in [9.17, 15) is 28.8 Å². The second kappa shape index (κ2) is 21.9. The number of benzene rings is 13. The molecule has 0 saturated heterocycles. The van der Waals surface area contributed by atoms with Crippen molar-refractivity contribution in [3.63, 3.8) is 0 Å². The van der Waals surface area contributed by atoms with Crippen LogP contribution >= 0.6 is 0 Å². The summed E-state index contributed by atoms with van der Waals surface area (Å²) in [6.07, 6.45) is 3.22. The topological polar surface area (TPSA) is 146 Å². The zero-order valence-electron chi connectivity index (χ0n) is 50.3. The molecule has 2 heterocycles. The van der Waals surface area contributed by atoms with E-state index in [4.69, 9.17) is 18.9 Å². The molecule has 0 fully saturated rings. The van der Waals surface area contributed by atoms with Crippen LogP contribution in [0.5, 0.6) is 34.5 Å². The Balaban J connectivity index is 0.654. The first-order chi connectivity index (χ1) is 44.7. The van der Waals surface area contributed by atoms with E-state index in [0.29, 0.717) is 117 Å². The Hall–Kier alpha value is -12.0. The van der Waals surface area contributed by atoms with Gasteiger partial charge >= 0.3 is 11.9 Å². The van der Waals surface area contributed by atoms with Crippen LogP contribution in [0.15, 0.2) is 219 Å². The van der Waals surface area contributed by atoms with Gasteiger partial charge in [-0.1, -0.05) is 162 Å². The average molecular weight is 1200 g/mol. The summed E-state index contributed by atoms with van der Waals surface area (Å²) >= 11 is 0. The van der Waals surface area contributed by atoms with Gasteiger partial charge in [-0.3, -0.25) is 19.2 Å². The SMILES string of the molecule is C=Cc1cccc(C=C)c1N1C(=O)c2cccc3c(Oc4ccc(OC(=O)c5ccc6c7cccc8c(C(=O)Oc9ccc(Oc%10ccc%11c%12c(cccc%10%12)C(=O)N(c%10c(C(C)C)cccc%10C(C)C)C%11=O)cc9)ccc(c9cccc5c96)c87)cc4)ccc(c23)C1=O. The Morgan fingerprint density at radius 1 is 0.348 bits per heavy atom. The van der Waals surface area contributed by atoms with Gasteiger partial charge in [0.25, 0.3) is 23.6 Å². The normalized spacial score (nSPS) is 13.0. The zero-order chi connectivity index (χ0) is 63.4. The van der Waals surface area contributed by atoms with Gasteiger partial charge in [-0.15, -0.1) is 0 Å². The number of esters is 2. The molecule has 0 spiro atoms. The first-order valence-corrected chi connectivity index (χ1v) is 30.2. The van der Waals surface area contributed by atoms with Crippen molar-refractivity contribution in [2.45, 2.75) is 39.5 Å². The molecule has 0 aromatic heterocycles. The predicted octanol–water partition coefficient (Wildman–Crippen LogP) is 19.2. The minimum absolute atomic E-state index is 0.0712. The van der Waals surface area contributed by atoms with Gasteiger partial charge in [0, 0.05) is 43.8 Å². The molecule has 13 aromatic carbocycles. The maximum absolute atomic E-state index is 14.5. The van der Waals surface area contributed by atoms with Crippen LogP contribution in [0.2, 0.25) is 0 Å². The Bertz CT molecular complexity index is 5290. The largest absolute Gasteiger partial charge is 0.457 e. The molecule has 0 N–H and O–H groups in total. The Kier molecular flexibility index (Phi) is 13.5. The van der Waals surface area contributed by atoms with E-state index < -0.39 is 23.8 Å². The third-order valence-corrected chi connectivity index (χ3v) is 17.7. The number of ether oxygens (including phenoxy) is 4. The van der Waals surface area contributed by atoms with Crippen LogP contribution in [-0.2, 0) is 0 Å². The van der Waals surface area contributed by atoms with Gasteiger partial charge in [0.15, 0.2) is 0 Å². The molecule has 13 aromatic rings. The Morgan fingerprint density at radius 3 is 1.10 bits per heavy atom. The van der Waals surface area contributed by atoms with Crippen LogP contribution in [0.3, 0.4) is 0 Å². The molecule has 92 heavy (non-hydrogen) atoms. The van der Waals surface area contributed by atoms with Gasteiger partial charge in [-0.05, 0) is 174 Å². The van der Waals surface area contributed by atoms with Crippen molar-refractivity contribution in [1.29, 1.82) is 0 Å². The lowest BCUT2D eigenvalue weighted by Crippen LogP contribution is -2.41. The monoisotopic (exact) mass is 1200 g/mol. The first kappa shape index (κ1) is 56.5. The highest BCUT2D eigenvalue weighted by molar-refractivity contribution is 6.39. The minimum atomic E-state index is -0.560. The highest BCUT2D eigenvalue weighted by Crippen LogP contribution is 2.46. The number of imide groups is 2. The van der Waals surface area contributed by atoms with E-state index in [1.54, 1.807) is 133 Å². The van der Waals surface area contributed by atoms with Gasteiger partial charge in [-0.25, -0.2) is 19.4 Å². The standard InChI is InChI=1S/C80H54N2O10/c1-7-45-15-9-16-46(8-2)73(45)81-75(83)63-25-13-23-61-67(41-39-65(71(61)63)77(81)85)89-47-27-31-49(32-28-47)91-79(87)59-37-35-57-54-20-12-22-56-60(38-36-58(70(54)56)53-19-11-21-55(59)69(53)57)80(88)92-50-33-29-48(30-34-50)90-68-42-40-66-72-62(68)24-14-26-64(72)76(84)82(78(66)86)74-51(43(3)4)17-10-18-52(74)44(5)6/h7-44H,1-2H2,3-6H3. The molecule has 0 saturated carbocycles. The van der Waals surface area contributed by atoms with E-state index in [2.05, 4.69) is 40.9 Å². The van der Waals surface area contributed by atoms with E-state index >= 15 is 0 Å². The summed E-state index contributed by atoms with van der Waals surface area (Å²) < 4.78 is 24.9. The lowest BCUT2D eigenvalue weighted by molar-refractivity contribution is 0.0727. The number of para-hydroxylation sites is 2. The van der Waals surface area contributed by atoms with Gasteiger partial charge in [0.1, 0.15) is 34.5 Å². The van der Waals surface area contributed by atoms with Crippen LogP contribution in [0.25, 0.3) is 76.8 Å². The van der Waals surface area contributed by atoms with E-state index in [0.717, 1.165) is 43.4 Å². The Labute approximate surface area is 527 Å². The molecule has 0 unspecified atom stereocenters. The molecule has 15 rings (SSSR count). The zero-order valence-corrected chi connectivity index (χ0v) is 50.3. The van der Waals surface area contributed by atoms with Crippen molar-refractivity contribution in [3.05, 3.63) is 275 Å². The molecule has 12 nitrogen and oxygen atoms in total. The number of anilines is 2. The van der Waals surface area contributed by atoms with Crippen molar-refractivity contribution in [2.24, 2.45) is 0 Å². The fourth-order valence-electron chi connectivity index (χ4n) is 13.5. The number of carbonyl (C=O) groups is 6. The molecule has 444 valence electrons. The molecule has 0 atom stereocenters. The lowest BCUT2D eigenvalue weighted by atomic mass is 9.87. The number of rotatable bonds is 14. The minimum Gasteiger partial charge on any atom is -0.457 e. The maximum Gasteiger partial charge on any atom is 0.344 e. The van der Waals surface area contributed by atoms with E-state index in [-0.39, 0.29) is 29.4 Å². The summed E-state index contributed by atoms with van der Waals surface area (Å²) in [5.74, 6) is -0.351. The number of hydrogen-bond acceptors (Lipinski definition) is 10. The molecule has 2 aliphatic heterocycles.